The Morgan fingerprint density at radius 1 is 0.842 bits per heavy atom. The van der Waals surface area contributed by atoms with Crippen LogP contribution in [0.5, 0.6) is 0 Å². The van der Waals surface area contributed by atoms with E-state index in [1.165, 1.54) is 6.92 Å². The molecule has 4 atom stereocenters. The topological polar surface area (TPSA) is 89.9 Å². The van der Waals surface area contributed by atoms with Gasteiger partial charge in [-0.25, -0.2) is 0 Å². The van der Waals surface area contributed by atoms with E-state index < -0.39 is 41.1 Å². The smallest absolute Gasteiger partial charge is 0.317 e. The molecule has 0 bridgehead atoms. The van der Waals surface area contributed by atoms with Crippen LogP contribution in [-0.2, 0) is 37.1 Å². The van der Waals surface area contributed by atoms with Crippen LogP contribution in [0.25, 0.3) is 0 Å². The van der Waals surface area contributed by atoms with Crippen molar-refractivity contribution in [1.29, 1.82) is 0 Å². The highest BCUT2D eigenvalue weighted by Gasteiger charge is 2.57. The van der Waals surface area contributed by atoms with Crippen LogP contribution in [0.1, 0.15) is 61.3 Å². The minimum absolute atomic E-state index is 0.00196. The van der Waals surface area contributed by atoms with Gasteiger partial charge in [0.2, 0.25) is 0 Å². The average Bonchev–Trinajstić information content (AvgIpc) is 2.90. The summed E-state index contributed by atoms with van der Waals surface area (Å²) in [5.41, 5.74) is 1.56. The Hall–Kier alpha value is -3.77. The molecular formula is C32H34O6. The van der Waals surface area contributed by atoms with E-state index in [0.29, 0.717) is 5.56 Å². The van der Waals surface area contributed by atoms with E-state index in [9.17, 15) is 19.5 Å². The van der Waals surface area contributed by atoms with Crippen molar-refractivity contribution in [1.82, 2.24) is 0 Å². The van der Waals surface area contributed by atoms with Gasteiger partial charge in [-0.2, -0.15) is 0 Å². The molecule has 1 N–H and O–H groups in total. The quantitative estimate of drug-likeness (QED) is 0.323. The maximum Gasteiger partial charge on any atom is 0.317 e. The third-order valence-electron chi connectivity index (χ3n) is 7.21. The van der Waals surface area contributed by atoms with Crippen LogP contribution in [0, 0.1) is 11.8 Å². The van der Waals surface area contributed by atoms with Crippen molar-refractivity contribution in [3.63, 3.8) is 0 Å². The highest BCUT2D eigenvalue weighted by Crippen LogP contribution is 2.47. The zero-order valence-corrected chi connectivity index (χ0v) is 22.0. The molecule has 198 valence electrons. The molecule has 6 nitrogen and oxygen atoms in total. The monoisotopic (exact) mass is 514 g/mol. The molecule has 3 aromatic carbocycles. The first kappa shape index (κ1) is 27.3. The fraction of sp³-hybridized carbons (Fsp3) is 0.344. The second-order valence-electron chi connectivity index (χ2n) is 10.5. The van der Waals surface area contributed by atoms with Crippen LogP contribution in [0.4, 0.5) is 0 Å². The lowest BCUT2D eigenvalue weighted by atomic mass is 9.61. The fourth-order valence-corrected chi connectivity index (χ4v) is 5.16. The first-order chi connectivity index (χ1) is 18.2. The first-order valence-electron chi connectivity index (χ1n) is 12.9. The molecule has 0 amide bonds. The van der Waals surface area contributed by atoms with Gasteiger partial charge < -0.3 is 14.6 Å². The van der Waals surface area contributed by atoms with Crippen molar-refractivity contribution in [2.75, 3.05) is 0 Å². The minimum Gasteiger partial charge on any atom is -0.461 e. The number of rotatable bonds is 8. The van der Waals surface area contributed by atoms with Gasteiger partial charge in [0, 0.05) is 12.3 Å². The van der Waals surface area contributed by atoms with Gasteiger partial charge in [-0.15, -0.1) is 0 Å². The Labute approximate surface area is 223 Å². The fourth-order valence-electron chi connectivity index (χ4n) is 5.16. The van der Waals surface area contributed by atoms with Gasteiger partial charge in [0.15, 0.2) is 5.78 Å². The number of ketones is 1. The molecule has 0 radical (unpaired) electrons. The number of hydrogen-bond donors (Lipinski definition) is 1. The summed E-state index contributed by atoms with van der Waals surface area (Å²) in [6, 6.07) is 25.9. The highest BCUT2D eigenvalue weighted by atomic mass is 16.5. The van der Waals surface area contributed by atoms with Crippen molar-refractivity contribution in [3.8, 4) is 0 Å². The number of aliphatic hydroxyl groups is 1. The Kier molecular flexibility index (Phi) is 8.42. The molecule has 3 aromatic rings. The van der Waals surface area contributed by atoms with Crippen LogP contribution in [0.15, 0.2) is 84.9 Å². The van der Waals surface area contributed by atoms with Gasteiger partial charge in [-0.3, -0.25) is 14.4 Å². The number of hydrogen-bond acceptors (Lipinski definition) is 6. The predicted octanol–water partition coefficient (Wildman–Crippen LogP) is 5.34. The first-order valence-corrected chi connectivity index (χ1v) is 12.9. The summed E-state index contributed by atoms with van der Waals surface area (Å²) in [4.78, 5) is 40.3. The molecule has 0 unspecified atom stereocenters. The molecule has 0 spiro atoms. The number of ether oxygens (including phenoxy) is 2. The molecule has 0 saturated heterocycles. The molecule has 0 aromatic heterocycles. The van der Waals surface area contributed by atoms with Gasteiger partial charge in [0.25, 0.3) is 0 Å². The van der Waals surface area contributed by atoms with Gasteiger partial charge in [0.1, 0.15) is 19.1 Å². The second kappa shape index (κ2) is 11.7. The Morgan fingerprint density at radius 3 is 1.84 bits per heavy atom. The second-order valence-corrected chi connectivity index (χ2v) is 10.5. The maximum absolute atomic E-state index is 13.6. The summed E-state index contributed by atoms with van der Waals surface area (Å²) in [5.74, 6) is -4.91. The van der Waals surface area contributed by atoms with Crippen LogP contribution in [0.3, 0.4) is 0 Å². The molecule has 0 aliphatic heterocycles. The zero-order valence-electron chi connectivity index (χ0n) is 22.0. The molecular weight excluding hydrogens is 480 g/mol. The van der Waals surface area contributed by atoms with Crippen LogP contribution in [-0.4, -0.2) is 28.4 Å². The number of carbonyl (C=O) groups excluding carboxylic acids is 3. The molecule has 1 saturated carbocycles. The summed E-state index contributed by atoms with van der Waals surface area (Å²) >= 11 is 0. The van der Waals surface area contributed by atoms with E-state index in [2.05, 4.69) is 13.8 Å². The summed E-state index contributed by atoms with van der Waals surface area (Å²) < 4.78 is 11.2. The third kappa shape index (κ3) is 6.20. The van der Waals surface area contributed by atoms with Crippen molar-refractivity contribution in [3.05, 3.63) is 107 Å². The van der Waals surface area contributed by atoms with Crippen molar-refractivity contribution in [2.24, 2.45) is 11.8 Å². The Balaban J connectivity index is 1.68. The van der Waals surface area contributed by atoms with E-state index >= 15 is 0 Å². The number of esters is 2. The zero-order chi connectivity index (χ0) is 27.3. The lowest BCUT2D eigenvalue weighted by Crippen LogP contribution is -2.55. The SMILES string of the molecule is CC(C)c1ccc([C@@H]2[C@H](C(=O)OCc3ccccc3)C(=O)C[C@](C)(O)[C@@H]2C(=O)OCc2ccccc2)cc1. The molecule has 0 heterocycles. The molecule has 6 heteroatoms. The van der Waals surface area contributed by atoms with Crippen molar-refractivity contribution >= 4 is 17.7 Å². The molecule has 4 rings (SSSR count). The minimum atomic E-state index is -1.71. The number of benzene rings is 3. The van der Waals surface area contributed by atoms with Gasteiger partial charge in [0.05, 0.1) is 11.5 Å². The van der Waals surface area contributed by atoms with Crippen molar-refractivity contribution < 1.29 is 29.0 Å². The summed E-state index contributed by atoms with van der Waals surface area (Å²) in [6.45, 7) is 5.61. The predicted molar refractivity (Wildman–Crippen MR) is 143 cm³/mol. The van der Waals surface area contributed by atoms with Crippen molar-refractivity contribution in [2.45, 2.75) is 57.8 Å². The summed E-state index contributed by atoms with van der Waals surface area (Å²) in [6.07, 6.45) is -0.357. The molecule has 1 aliphatic rings. The lowest BCUT2D eigenvalue weighted by Gasteiger charge is -2.43. The summed E-state index contributed by atoms with van der Waals surface area (Å²) in [7, 11) is 0. The van der Waals surface area contributed by atoms with Gasteiger partial charge in [-0.05, 0) is 35.1 Å². The van der Waals surface area contributed by atoms with E-state index in [1.807, 2.05) is 84.9 Å². The van der Waals surface area contributed by atoms with Gasteiger partial charge >= 0.3 is 11.9 Å². The average molecular weight is 515 g/mol. The van der Waals surface area contributed by atoms with Crippen LogP contribution in [0.2, 0.25) is 0 Å². The Morgan fingerprint density at radius 2 is 1.34 bits per heavy atom. The van der Waals surface area contributed by atoms with E-state index in [-0.39, 0.29) is 25.6 Å². The van der Waals surface area contributed by atoms with Crippen LogP contribution >= 0.6 is 0 Å². The number of carbonyl (C=O) groups is 3. The molecule has 1 aliphatic carbocycles. The normalized spacial score (nSPS) is 23.2. The van der Waals surface area contributed by atoms with E-state index in [4.69, 9.17) is 9.47 Å². The summed E-state index contributed by atoms with van der Waals surface area (Å²) in [5, 5.41) is 11.4. The standard InChI is InChI=1S/C32H34O6/c1-21(2)24-14-16-25(17-15-24)27-28(30(34)37-19-22-10-6-4-7-11-22)26(33)18-32(3,36)29(27)31(35)38-20-23-12-8-5-9-13-23/h4-17,21,27-29,36H,18-20H2,1-3H3/t27-,28-,29+,32+/m1/s1. The van der Waals surface area contributed by atoms with E-state index in [0.717, 1.165) is 16.7 Å². The van der Waals surface area contributed by atoms with Crippen LogP contribution < -0.4 is 0 Å². The molecule has 38 heavy (non-hydrogen) atoms. The number of Topliss-reactive ketones (excluding diaryl/α,β-unsaturated/α-hetero) is 1. The maximum atomic E-state index is 13.6. The highest BCUT2D eigenvalue weighted by molar-refractivity contribution is 6.02. The molecule has 1 fully saturated rings. The van der Waals surface area contributed by atoms with E-state index in [1.54, 1.807) is 0 Å². The third-order valence-corrected chi connectivity index (χ3v) is 7.21. The van der Waals surface area contributed by atoms with Gasteiger partial charge in [-0.1, -0.05) is 98.8 Å². The largest absolute Gasteiger partial charge is 0.461 e. The lowest BCUT2D eigenvalue weighted by molar-refractivity contribution is -0.174. The Bertz CT molecular complexity index is 1250.